The third-order valence-electron chi connectivity index (χ3n) is 8.79. The second-order valence-corrected chi connectivity index (χ2v) is 12.5. The molecule has 1 aliphatic carbocycles. The highest BCUT2D eigenvalue weighted by Crippen LogP contribution is 2.71. The second-order valence-electron chi connectivity index (χ2n) is 10.6. The molecule has 0 aromatic heterocycles. The summed E-state index contributed by atoms with van der Waals surface area (Å²) in [4.78, 5) is 42.6. The summed E-state index contributed by atoms with van der Waals surface area (Å²) in [6.45, 7) is 5.97. The number of carbonyl (C=O) groups excluding carboxylic acids is 3. The van der Waals surface area contributed by atoms with Crippen LogP contribution in [0.25, 0.3) is 0 Å². The molecule has 0 aromatic carbocycles. The summed E-state index contributed by atoms with van der Waals surface area (Å²) in [5.74, 6) is -1.25. The molecule has 0 aromatic rings. The molecule has 1 spiro atoms. The molecule has 3 aliphatic heterocycles. The van der Waals surface area contributed by atoms with E-state index in [0.717, 1.165) is 44.9 Å². The molecule has 3 heterocycles. The van der Waals surface area contributed by atoms with Crippen LogP contribution in [0.5, 0.6) is 0 Å². The summed E-state index contributed by atoms with van der Waals surface area (Å²) in [5.41, 5.74) is 0. The van der Waals surface area contributed by atoms with E-state index in [1.165, 1.54) is 6.42 Å². The second kappa shape index (κ2) is 8.82. The van der Waals surface area contributed by atoms with Crippen LogP contribution in [0.1, 0.15) is 72.1 Å². The van der Waals surface area contributed by atoms with E-state index in [4.69, 9.17) is 0 Å². The normalized spacial score (nSPS) is 38.5. The van der Waals surface area contributed by atoms with Gasteiger partial charge in [-0.05, 0) is 38.5 Å². The van der Waals surface area contributed by atoms with E-state index in [9.17, 15) is 19.5 Å². The molecular formula is C24H39N3O4S. The molecule has 4 aliphatic rings. The number of hydrogen-bond donors (Lipinski definition) is 3. The first kappa shape index (κ1) is 23.9. The number of carbonyl (C=O) groups is 3. The van der Waals surface area contributed by atoms with Gasteiger partial charge in [-0.1, -0.05) is 39.5 Å². The van der Waals surface area contributed by atoms with E-state index in [1.807, 2.05) is 13.8 Å². The van der Waals surface area contributed by atoms with E-state index in [1.54, 1.807) is 23.7 Å². The van der Waals surface area contributed by atoms with Crippen LogP contribution >= 0.6 is 11.8 Å². The van der Waals surface area contributed by atoms with Crippen LogP contribution in [0.3, 0.4) is 0 Å². The van der Waals surface area contributed by atoms with Crippen molar-refractivity contribution in [3.8, 4) is 0 Å². The van der Waals surface area contributed by atoms with Gasteiger partial charge in [0, 0.05) is 17.8 Å². The number of hydrogen-bond acceptors (Lipinski definition) is 5. The first-order valence-corrected chi connectivity index (χ1v) is 13.2. The highest BCUT2D eigenvalue weighted by molar-refractivity contribution is 8.02. The maximum atomic E-state index is 14.0. The van der Waals surface area contributed by atoms with Crippen LogP contribution in [0.4, 0.5) is 0 Å². The Morgan fingerprint density at radius 1 is 1.22 bits per heavy atom. The van der Waals surface area contributed by atoms with Gasteiger partial charge in [-0.3, -0.25) is 14.4 Å². The van der Waals surface area contributed by atoms with Crippen molar-refractivity contribution in [2.45, 2.75) is 99.8 Å². The van der Waals surface area contributed by atoms with Gasteiger partial charge in [-0.15, -0.1) is 11.8 Å². The third-order valence-corrected chi connectivity index (χ3v) is 10.8. The number of thioether (sulfide) groups is 1. The molecule has 2 unspecified atom stereocenters. The van der Waals surface area contributed by atoms with Crippen LogP contribution in [-0.2, 0) is 14.4 Å². The molecule has 3 amide bonds. The highest BCUT2D eigenvalue weighted by atomic mass is 32.2. The van der Waals surface area contributed by atoms with Crippen molar-refractivity contribution in [1.29, 1.82) is 0 Å². The zero-order valence-electron chi connectivity index (χ0n) is 19.9. The molecule has 0 radical (unpaired) electrons. The molecular weight excluding hydrogens is 426 g/mol. The lowest BCUT2D eigenvalue weighted by Crippen LogP contribution is -2.59. The van der Waals surface area contributed by atoms with Crippen LogP contribution in [-0.4, -0.2) is 69.0 Å². The molecule has 7 atom stereocenters. The van der Waals surface area contributed by atoms with Crippen molar-refractivity contribution < 1.29 is 19.5 Å². The number of nitrogens with zero attached hydrogens (tertiary/aromatic N) is 1. The van der Waals surface area contributed by atoms with Gasteiger partial charge >= 0.3 is 0 Å². The molecule has 7 nitrogen and oxygen atoms in total. The maximum absolute atomic E-state index is 14.0. The van der Waals surface area contributed by atoms with E-state index in [-0.39, 0.29) is 41.0 Å². The number of aliphatic hydroxyl groups excluding tert-OH is 1. The Morgan fingerprint density at radius 3 is 2.50 bits per heavy atom. The lowest BCUT2D eigenvalue weighted by molar-refractivity contribution is -0.144. The zero-order valence-corrected chi connectivity index (χ0v) is 20.7. The number of rotatable bonds is 7. The van der Waals surface area contributed by atoms with Crippen LogP contribution in [0.2, 0.25) is 0 Å². The molecule has 180 valence electrons. The number of likely N-dealkylation sites (tertiary alicyclic amines) is 1. The average Bonchev–Trinajstić information content (AvgIpc) is 3.35. The Balaban J connectivity index is 1.75. The van der Waals surface area contributed by atoms with Crippen molar-refractivity contribution in [2.75, 3.05) is 13.7 Å². The first-order chi connectivity index (χ1) is 15.2. The van der Waals surface area contributed by atoms with Gasteiger partial charge in [-0.2, -0.15) is 0 Å². The number of amides is 3. The highest BCUT2D eigenvalue weighted by Gasteiger charge is 2.77. The fourth-order valence-corrected chi connectivity index (χ4v) is 9.26. The van der Waals surface area contributed by atoms with E-state index >= 15 is 0 Å². The van der Waals surface area contributed by atoms with Gasteiger partial charge in [0.15, 0.2) is 0 Å². The fraction of sp³-hybridized carbons (Fsp3) is 0.875. The molecule has 1 saturated carbocycles. The average molecular weight is 466 g/mol. The Kier molecular flexibility index (Phi) is 6.58. The zero-order chi connectivity index (χ0) is 23.3. The van der Waals surface area contributed by atoms with Crippen molar-refractivity contribution in [3.63, 3.8) is 0 Å². The standard InChI is InChI=1S/C24H39N3O4S/c1-5-14(2)16(13-28)27-19(21(30)26-15-9-7-6-8-10-15)24-12-11-23(3,32-24)17(20(29)25-4)18(24)22(27)31/h14-19,28H,5-13H2,1-4H3,(H,25,29)(H,26,30)/t14-,16-,17-,18-,19?,23+,24?/m0/s1. The minimum Gasteiger partial charge on any atom is -0.394 e. The van der Waals surface area contributed by atoms with Crippen molar-refractivity contribution in [3.05, 3.63) is 0 Å². The summed E-state index contributed by atoms with van der Waals surface area (Å²) in [7, 11) is 1.62. The quantitative estimate of drug-likeness (QED) is 0.535. The molecule has 8 heteroatoms. The molecule has 2 bridgehead atoms. The van der Waals surface area contributed by atoms with Gasteiger partial charge in [-0.25, -0.2) is 0 Å². The smallest absolute Gasteiger partial charge is 0.244 e. The summed E-state index contributed by atoms with van der Waals surface area (Å²) in [6.07, 6.45) is 7.74. The summed E-state index contributed by atoms with van der Waals surface area (Å²) >= 11 is 1.69. The predicted octanol–water partition coefficient (Wildman–Crippen LogP) is 2.07. The predicted molar refractivity (Wildman–Crippen MR) is 125 cm³/mol. The van der Waals surface area contributed by atoms with Crippen molar-refractivity contribution in [2.24, 2.45) is 17.8 Å². The van der Waals surface area contributed by atoms with Crippen molar-refractivity contribution >= 4 is 29.5 Å². The fourth-order valence-electron chi connectivity index (χ4n) is 6.92. The van der Waals surface area contributed by atoms with Crippen LogP contribution in [0, 0.1) is 17.8 Å². The molecule has 4 rings (SSSR count). The minimum absolute atomic E-state index is 0.0559. The van der Waals surface area contributed by atoms with Gasteiger partial charge in [0.2, 0.25) is 17.7 Å². The summed E-state index contributed by atoms with van der Waals surface area (Å²) in [5, 5.41) is 16.4. The van der Waals surface area contributed by atoms with Crippen LogP contribution < -0.4 is 10.6 Å². The Morgan fingerprint density at radius 2 is 1.91 bits per heavy atom. The number of nitrogens with one attached hydrogen (secondary N) is 2. The largest absolute Gasteiger partial charge is 0.394 e. The van der Waals surface area contributed by atoms with Crippen molar-refractivity contribution in [1.82, 2.24) is 15.5 Å². The monoisotopic (exact) mass is 465 g/mol. The van der Waals surface area contributed by atoms with Gasteiger partial charge in [0.05, 0.1) is 29.2 Å². The summed E-state index contributed by atoms with van der Waals surface area (Å²) < 4.78 is -0.955. The van der Waals surface area contributed by atoms with E-state index < -0.39 is 28.7 Å². The summed E-state index contributed by atoms with van der Waals surface area (Å²) in [6, 6.07) is -0.921. The molecule has 32 heavy (non-hydrogen) atoms. The molecule has 4 fully saturated rings. The number of fused-ring (bicyclic) bond motifs is 1. The number of aliphatic hydroxyl groups is 1. The SMILES string of the molecule is CC[C@H](C)[C@H](CO)N1C(=O)[C@@H]2[C@@H](C(=O)NC)[C@@]3(C)CCC2(S3)C1C(=O)NC1CCCCC1. The van der Waals surface area contributed by atoms with Gasteiger partial charge in [0.25, 0.3) is 0 Å². The Labute approximate surface area is 195 Å². The minimum atomic E-state index is -0.644. The lowest BCUT2D eigenvalue weighted by Gasteiger charge is -2.40. The Hall–Kier alpha value is -1.28. The molecule has 3 saturated heterocycles. The van der Waals surface area contributed by atoms with E-state index in [0.29, 0.717) is 0 Å². The molecule has 3 N–H and O–H groups in total. The van der Waals surface area contributed by atoms with Gasteiger partial charge < -0.3 is 20.6 Å². The maximum Gasteiger partial charge on any atom is 0.244 e. The lowest BCUT2D eigenvalue weighted by atomic mass is 9.66. The topological polar surface area (TPSA) is 98.7 Å². The third kappa shape index (κ3) is 3.47. The van der Waals surface area contributed by atoms with E-state index in [2.05, 4.69) is 17.6 Å². The Bertz CT molecular complexity index is 772. The van der Waals surface area contributed by atoms with Gasteiger partial charge in [0.1, 0.15) is 6.04 Å². The van der Waals surface area contributed by atoms with Crippen LogP contribution in [0.15, 0.2) is 0 Å². The first-order valence-electron chi connectivity index (χ1n) is 12.4.